The predicted molar refractivity (Wildman–Crippen MR) is 70.5 cm³/mol. The van der Waals surface area contributed by atoms with Crippen LogP contribution in [0.25, 0.3) is 0 Å². The maximum absolute atomic E-state index is 3.61. The Balaban J connectivity index is 2.63. The van der Waals surface area contributed by atoms with Crippen molar-refractivity contribution < 1.29 is 0 Å². The van der Waals surface area contributed by atoms with Gasteiger partial charge in [0.25, 0.3) is 0 Å². The van der Waals surface area contributed by atoms with E-state index in [4.69, 9.17) is 0 Å². The Morgan fingerprint density at radius 1 is 1.20 bits per heavy atom. The Labute approximate surface area is 97.7 Å². The van der Waals surface area contributed by atoms with Crippen molar-refractivity contribution in [1.29, 1.82) is 0 Å². The molecule has 0 aliphatic carbocycles. The van der Waals surface area contributed by atoms with Crippen LogP contribution in [-0.2, 0) is 0 Å². The van der Waals surface area contributed by atoms with Crippen LogP contribution in [0.15, 0.2) is 30.3 Å². The molecule has 0 fully saturated rings. The van der Waals surface area contributed by atoms with E-state index in [2.05, 4.69) is 56.4 Å². The number of hydrogen-bond acceptors (Lipinski definition) is 2. The Hall–Kier alpha value is -0.470. The van der Waals surface area contributed by atoms with Crippen LogP contribution in [0, 0.1) is 0 Å². The highest BCUT2D eigenvalue weighted by molar-refractivity contribution is 7.99. The van der Waals surface area contributed by atoms with Gasteiger partial charge in [-0.05, 0) is 11.3 Å². The van der Waals surface area contributed by atoms with Crippen LogP contribution in [0.3, 0.4) is 0 Å². The number of rotatable bonds is 6. The number of benzene rings is 1. The van der Waals surface area contributed by atoms with Gasteiger partial charge in [-0.2, -0.15) is 11.8 Å². The molecule has 1 aromatic carbocycles. The Morgan fingerprint density at radius 2 is 1.87 bits per heavy atom. The molecular weight excluding hydrogens is 202 g/mol. The molecule has 0 amide bonds. The first-order chi connectivity index (χ1) is 7.24. The molecule has 1 N–H and O–H groups in total. The van der Waals surface area contributed by atoms with Gasteiger partial charge in [0.05, 0.1) is 0 Å². The summed E-state index contributed by atoms with van der Waals surface area (Å²) in [7, 11) is 0. The van der Waals surface area contributed by atoms with Crippen LogP contribution >= 0.6 is 11.8 Å². The van der Waals surface area contributed by atoms with Crippen molar-refractivity contribution in [3.05, 3.63) is 35.9 Å². The molecule has 1 atom stereocenters. The van der Waals surface area contributed by atoms with Gasteiger partial charge in [-0.3, -0.25) is 0 Å². The Kier molecular flexibility index (Phi) is 5.81. The van der Waals surface area contributed by atoms with Crippen LogP contribution < -0.4 is 5.32 Å². The molecule has 15 heavy (non-hydrogen) atoms. The van der Waals surface area contributed by atoms with E-state index in [1.165, 1.54) is 11.3 Å². The summed E-state index contributed by atoms with van der Waals surface area (Å²) < 4.78 is 0. The summed E-state index contributed by atoms with van der Waals surface area (Å²) in [5.74, 6) is 2.34. The standard InChI is InChI=1S/C13H21NS/c1-4-15-10-13(14-11(2)3)12-8-6-5-7-9-12/h5-9,11,13-14H,4,10H2,1-3H3/t13-/m1/s1. The number of hydrogen-bond donors (Lipinski definition) is 1. The maximum atomic E-state index is 3.61. The molecule has 0 spiro atoms. The fourth-order valence-corrected chi connectivity index (χ4v) is 2.32. The highest BCUT2D eigenvalue weighted by Crippen LogP contribution is 2.18. The van der Waals surface area contributed by atoms with E-state index in [1.54, 1.807) is 0 Å². The third kappa shape index (κ3) is 4.72. The molecule has 0 unspecified atom stereocenters. The minimum atomic E-state index is 0.483. The lowest BCUT2D eigenvalue weighted by Crippen LogP contribution is -2.29. The molecule has 0 saturated heterocycles. The second-order valence-corrected chi connectivity index (χ2v) is 5.26. The maximum Gasteiger partial charge on any atom is 0.0413 e. The summed E-state index contributed by atoms with van der Waals surface area (Å²) in [6.45, 7) is 6.61. The molecule has 0 aliphatic heterocycles. The van der Waals surface area contributed by atoms with Crippen molar-refractivity contribution in [2.75, 3.05) is 11.5 Å². The van der Waals surface area contributed by atoms with Crippen LogP contribution in [0.1, 0.15) is 32.4 Å². The van der Waals surface area contributed by atoms with Gasteiger partial charge in [0.1, 0.15) is 0 Å². The fraction of sp³-hybridized carbons (Fsp3) is 0.538. The predicted octanol–water partition coefficient (Wildman–Crippen LogP) is 3.48. The van der Waals surface area contributed by atoms with Crippen molar-refractivity contribution in [3.8, 4) is 0 Å². The monoisotopic (exact) mass is 223 g/mol. The van der Waals surface area contributed by atoms with Gasteiger partial charge in [-0.25, -0.2) is 0 Å². The van der Waals surface area contributed by atoms with E-state index in [-0.39, 0.29) is 0 Å². The first-order valence-corrected chi connectivity index (χ1v) is 6.78. The number of nitrogens with one attached hydrogen (secondary N) is 1. The first-order valence-electron chi connectivity index (χ1n) is 5.62. The SMILES string of the molecule is CCSC[C@@H](NC(C)C)c1ccccc1. The topological polar surface area (TPSA) is 12.0 Å². The van der Waals surface area contributed by atoms with Crippen LogP contribution in [0.5, 0.6) is 0 Å². The van der Waals surface area contributed by atoms with E-state index in [0.29, 0.717) is 12.1 Å². The highest BCUT2D eigenvalue weighted by atomic mass is 32.2. The molecule has 2 heteroatoms. The normalized spacial score (nSPS) is 13.1. The minimum absolute atomic E-state index is 0.483. The third-order valence-corrected chi connectivity index (χ3v) is 3.20. The third-order valence-electron chi connectivity index (χ3n) is 2.23. The molecule has 1 aromatic rings. The zero-order chi connectivity index (χ0) is 11.1. The summed E-state index contributed by atoms with van der Waals surface area (Å²) in [5.41, 5.74) is 1.40. The molecule has 1 rings (SSSR count). The highest BCUT2D eigenvalue weighted by Gasteiger charge is 2.11. The van der Waals surface area contributed by atoms with Crippen molar-refractivity contribution in [2.24, 2.45) is 0 Å². The van der Waals surface area contributed by atoms with Gasteiger partial charge in [-0.15, -0.1) is 0 Å². The largest absolute Gasteiger partial charge is 0.307 e. The van der Waals surface area contributed by atoms with E-state index in [0.717, 1.165) is 5.75 Å². The van der Waals surface area contributed by atoms with Crippen molar-refractivity contribution in [2.45, 2.75) is 32.9 Å². The van der Waals surface area contributed by atoms with Gasteiger partial charge in [0, 0.05) is 17.8 Å². The Morgan fingerprint density at radius 3 is 2.40 bits per heavy atom. The molecule has 0 heterocycles. The molecule has 0 aromatic heterocycles. The van der Waals surface area contributed by atoms with Crippen LogP contribution in [0.4, 0.5) is 0 Å². The van der Waals surface area contributed by atoms with Crippen LogP contribution in [-0.4, -0.2) is 17.5 Å². The van der Waals surface area contributed by atoms with Gasteiger partial charge >= 0.3 is 0 Å². The van der Waals surface area contributed by atoms with E-state index < -0.39 is 0 Å². The van der Waals surface area contributed by atoms with Gasteiger partial charge in [0.2, 0.25) is 0 Å². The molecule has 0 bridgehead atoms. The average Bonchev–Trinajstić information content (AvgIpc) is 2.25. The van der Waals surface area contributed by atoms with Crippen molar-refractivity contribution in [3.63, 3.8) is 0 Å². The minimum Gasteiger partial charge on any atom is -0.307 e. The number of thioether (sulfide) groups is 1. The molecular formula is C13H21NS. The van der Waals surface area contributed by atoms with Crippen molar-refractivity contribution >= 4 is 11.8 Å². The summed E-state index contributed by atoms with van der Waals surface area (Å²) in [6, 6.07) is 11.7. The Bertz CT molecular complexity index is 258. The summed E-state index contributed by atoms with van der Waals surface area (Å²) in [5, 5.41) is 3.61. The van der Waals surface area contributed by atoms with E-state index in [1.807, 2.05) is 11.8 Å². The quantitative estimate of drug-likeness (QED) is 0.792. The van der Waals surface area contributed by atoms with Crippen molar-refractivity contribution in [1.82, 2.24) is 5.32 Å². The second kappa shape index (κ2) is 6.91. The summed E-state index contributed by atoms with van der Waals surface area (Å²) >= 11 is 1.99. The van der Waals surface area contributed by atoms with Crippen LogP contribution in [0.2, 0.25) is 0 Å². The zero-order valence-electron chi connectivity index (χ0n) is 9.86. The lowest BCUT2D eigenvalue weighted by molar-refractivity contribution is 0.512. The first kappa shape index (κ1) is 12.6. The molecule has 0 radical (unpaired) electrons. The van der Waals surface area contributed by atoms with Gasteiger partial charge in [-0.1, -0.05) is 51.1 Å². The lowest BCUT2D eigenvalue weighted by atomic mass is 10.1. The van der Waals surface area contributed by atoms with E-state index >= 15 is 0 Å². The summed E-state index contributed by atoms with van der Waals surface area (Å²) in [6.07, 6.45) is 0. The molecule has 84 valence electrons. The average molecular weight is 223 g/mol. The molecule has 0 saturated carbocycles. The van der Waals surface area contributed by atoms with E-state index in [9.17, 15) is 0 Å². The fourth-order valence-electron chi connectivity index (χ4n) is 1.56. The van der Waals surface area contributed by atoms with Gasteiger partial charge in [0.15, 0.2) is 0 Å². The smallest absolute Gasteiger partial charge is 0.0413 e. The zero-order valence-corrected chi connectivity index (χ0v) is 10.7. The second-order valence-electron chi connectivity index (χ2n) is 3.94. The lowest BCUT2D eigenvalue weighted by Gasteiger charge is -2.21. The van der Waals surface area contributed by atoms with Gasteiger partial charge < -0.3 is 5.32 Å². The summed E-state index contributed by atoms with van der Waals surface area (Å²) in [4.78, 5) is 0. The molecule has 1 nitrogen and oxygen atoms in total. The molecule has 0 aliphatic rings.